The summed E-state index contributed by atoms with van der Waals surface area (Å²) in [5.74, 6) is -0.810. The lowest BCUT2D eigenvalue weighted by molar-refractivity contribution is -0.386. The van der Waals surface area contributed by atoms with Crippen LogP contribution in [0.15, 0.2) is 35.0 Å². The predicted octanol–water partition coefficient (Wildman–Crippen LogP) is 3.43. The van der Waals surface area contributed by atoms with E-state index < -0.39 is 16.4 Å². The second kappa shape index (κ2) is 5.14. The zero-order valence-electron chi connectivity index (χ0n) is 9.67. The summed E-state index contributed by atoms with van der Waals surface area (Å²) in [5.41, 5.74) is 0.850. The lowest BCUT2D eigenvalue weighted by Crippen LogP contribution is -2.17. The number of nitro benzene ring substituents is 1. The zero-order valence-corrected chi connectivity index (χ0v) is 10.5. The first-order chi connectivity index (χ1) is 8.59. The molecule has 0 aliphatic carbocycles. The molecule has 0 bridgehead atoms. The minimum absolute atomic E-state index is 0.284. The van der Waals surface area contributed by atoms with Gasteiger partial charge in [-0.1, -0.05) is 6.07 Å². The Balaban J connectivity index is 2.32. The fourth-order valence-corrected chi connectivity index (χ4v) is 2.39. The van der Waals surface area contributed by atoms with Gasteiger partial charge in [-0.15, -0.1) is 0 Å². The van der Waals surface area contributed by atoms with Gasteiger partial charge in [-0.3, -0.25) is 10.1 Å². The minimum atomic E-state index is -0.810. The Morgan fingerprint density at radius 2 is 2.22 bits per heavy atom. The first kappa shape index (κ1) is 12.5. The van der Waals surface area contributed by atoms with Gasteiger partial charge in [-0.25, -0.2) is 0 Å². The number of thiophene rings is 1. The number of nitro groups is 1. The average molecular weight is 266 g/mol. The summed E-state index contributed by atoms with van der Waals surface area (Å²) in [6.45, 7) is 0.508. The van der Waals surface area contributed by atoms with Crippen LogP contribution in [0.3, 0.4) is 0 Å². The van der Waals surface area contributed by atoms with Crippen LogP contribution in [-0.4, -0.2) is 12.0 Å². The Kier molecular flexibility index (Phi) is 3.57. The van der Waals surface area contributed by atoms with Gasteiger partial charge in [0.1, 0.15) is 5.69 Å². The van der Waals surface area contributed by atoms with Crippen LogP contribution in [0.25, 0.3) is 0 Å². The second-order valence-corrected chi connectivity index (χ2v) is 4.63. The summed E-state index contributed by atoms with van der Waals surface area (Å²) in [4.78, 5) is 11.9. The van der Waals surface area contributed by atoms with Crippen molar-refractivity contribution in [3.63, 3.8) is 0 Å². The maximum atomic E-state index is 13.5. The van der Waals surface area contributed by atoms with Gasteiger partial charge in [0, 0.05) is 13.6 Å². The molecule has 1 heterocycles. The molecule has 0 atom stereocenters. The van der Waals surface area contributed by atoms with Crippen molar-refractivity contribution in [3.05, 3.63) is 56.5 Å². The normalized spacial score (nSPS) is 10.3. The van der Waals surface area contributed by atoms with Crippen molar-refractivity contribution in [1.82, 2.24) is 0 Å². The first-order valence-corrected chi connectivity index (χ1v) is 6.19. The van der Waals surface area contributed by atoms with Crippen LogP contribution in [0, 0.1) is 15.9 Å². The SMILES string of the molecule is CN(Cc1ccsc1)c1cccc(F)c1[N+](=O)[O-]. The van der Waals surface area contributed by atoms with E-state index in [0.29, 0.717) is 6.54 Å². The molecular weight excluding hydrogens is 255 g/mol. The monoisotopic (exact) mass is 266 g/mol. The molecular formula is C12H11FN2O2S. The fourth-order valence-electron chi connectivity index (χ4n) is 1.73. The van der Waals surface area contributed by atoms with Gasteiger partial charge in [0.2, 0.25) is 5.82 Å². The van der Waals surface area contributed by atoms with Gasteiger partial charge in [0.05, 0.1) is 4.92 Å². The Labute approximate surface area is 107 Å². The zero-order chi connectivity index (χ0) is 13.1. The van der Waals surface area contributed by atoms with E-state index in [4.69, 9.17) is 0 Å². The van der Waals surface area contributed by atoms with Crippen LogP contribution in [-0.2, 0) is 6.54 Å². The number of para-hydroxylation sites is 1. The fraction of sp³-hybridized carbons (Fsp3) is 0.167. The van der Waals surface area contributed by atoms with Crippen molar-refractivity contribution >= 4 is 22.7 Å². The molecule has 18 heavy (non-hydrogen) atoms. The van der Waals surface area contributed by atoms with Crippen LogP contribution in [0.2, 0.25) is 0 Å². The molecule has 4 nitrogen and oxygen atoms in total. The third-order valence-electron chi connectivity index (χ3n) is 2.56. The first-order valence-electron chi connectivity index (χ1n) is 5.24. The van der Waals surface area contributed by atoms with Crippen molar-refractivity contribution in [2.45, 2.75) is 6.54 Å². The average Bonchev–Trinajstić information content (AvgIpc) is 2.80. The quantitative estimate of drug-likeness (QED) is 0.629. The smallest absolute Gasteiger partial charge is 0.327 e. The minimum Gasteiger partial charge on any atom is -0.365 e. The highest BCUT2D eigenvalue weighted by molar-refractivity contribution is 7.07. The molecule has 0 fully saturated rings. The molecule has 1 aromatic heterocycles. The van der Waals surface area contributed by atoms with Crippen LogP contribution in [0.1, 0.15) is 5.56 Å². The van der Waals surface area contributed by atoms with Gasteiger partial charge in [0.25, 0.3) is 0 Å². The van der Waals surface area contributed by atoms with Crippen LogP contribution >= 0.6 is 11.3 Å². The maximum absolute atomic E-state index is 13.5. The van der Waals surface area contributed by atoms with Gasteiger partial charge in [-0.2, -0.15) is 15.7 Å². The third-order valence-corrected chi connectivity index (χ3v) is 3.29. The van der Waals surface area contributed by atoms with E-state index in [1.807, 2.05) is 16.8 Å². The largest absolute Gasteiger partial charge is 0.365 e. The maximum Gasteiger partial charge on any atom is 0.327 e. The van der Waals surface area contributed by atoms with E-state index in [9.17, 15) is 14.5 Å². The Morgan fingerprint density at radius 3 is 2.83 bits per heavy atom. The highest BCUT2D eigenvalue weighted by Crippen LogP contribution is 2.30. The van der Waals surface area contributed by atoms with Crippen LogP contribution in [0.5, 0.6) is 0 Å². The summed E-state index contributed by atoms with van der Waals surface area (Å²) >= 11 is 1.56. The number of hydrogen-bond donors (Lipinski definition) is 0. The summed E-state index contributed by atoms with van der Waals surface area (Å²) < 4.78 is 13.5. The van der Waals surface area contributed by atoms with Crippen molar-refractivity contribution in [3.8, 4) is 0 Å². The molecule has 0 aliphatic rings. The number of halogens is 1. The third kappa shape index (κ3) is 2.48. The van der Waals surface area contributed by atoms with E-state index in [2.05, 4.69) is 0 Å². The molecule has 0 aliphatic heterocycles. The Bertz CT molecular complexity index is 557. The molecule has 0 N–H and O–H groups in total. The van der Waals surface area contributed by atoms with E-state index in [1.54, 1.807) is 29.4 Å². The highest BCUT2D eigenvalue weighted by atomic mass is 32.1. The number of benzene rings is 1. The van der Waals surface area contributed by atoms with Gasteiger partial charge < -0.3 is 4.90 Å². The standard InChI is InChI=1S/C12H11FN2O2S/c1-14(7-9-5-6-18-8-9)11-4-2-3-10(13)12(11)15(16)17/h2-6,8H,7H2,1H3. The molecule has 2 rings (SSSR count). The lowest BCUT2D eigenvalue weighted by Gasteiger charge is -2.18. The molecule has 0 saturated heterocycles. The van der Waals surface area contributed by atoms with Crippen LogP contribution < -0.4 is 4.90 Å². The molecule has 0 amide bonds. The molecule has 0 spiro atoms. The van der Waals surface area contributed by atoms with Gasteiger partial charge in [0.15, 0.2) is 0 Å². The molecule has 94 valence electrons. The molecule has 0 saturated carbocycles. The van der Waals surface area contributed by atoms with Gasteiger partial charge >= 0.3 is 5.69 Å². The van der Waals surface area contributed by atoms with E-state index >= 15 is 0 Å². The van der Waals surface area contributed by atoms with Crippen molar-refractivity contribution in [2.24, 2.45) is 0 Å². The molecule has 0 unspecified atom stereocenters. The number of nitrogens with zero attached hydrogens (tertiary/aromatic N) is 2. The lowest BCUT2D eigenvalue weighted by atomic mass is 10.2. The number of anilines is 1. The molecule has 1 aromatic carbocycles. The van der Waals surface area contributed by atoms with E-state index in [1.165, 1.54) is 6.07 Å². The topological polar surface area (TPSA) is 46.4 Å². The number of rotatable bonds is 4. The molecule has 2 aromatic rings. The van der Waals surface area contributed by atoms with Crippen molar-refractivity contribution < 1.29 is 9.31 Å². The number of hydrogen-bond acceptors (Lipinski definition) is 4. The molecule has 0 radical (unpaired) electrons. The van der Waals surface area contributed by atoms with Crippen molar-refractivity contribution in [2.75, 3.05) is 11.9 Å². The van der Waals surface area contributed by atoms with Gasteiger partial charge in [-0.05, 0) is 34.5 Å². The van der Waals surface area contributed by atoms with E-state index in [0.717, 1.165) is 11.6 Å². The van der Waals surface area contributed by atoms with Crippen LogP contribution in [0.4, 0.5) is 15.8 Å². The second-order valence-electron chi connectivity index (χ2n) is 3.85. The predicted molar refractivity (Wildman–Crippen MR) is 69.5 cm³/mol. The Morgan fingerprint density at radius 1 is 1.44 bits per heavy atom. The Hall–Kier alpha value is -1.95. The summed E-state index contributed by atoms with van der Waals surface area (Å²) in [6.07, 6.45) is 0. The summed E-state index contributed by atoms with van der Waals surface area (Å²) in [7, 11) is 1.71. The summed E-state index contributed by atoms with van der Waals surface area (Å²) in [5, 5.41) is 14.8. The van der Waals surface area contributed by atoms with E-state index in [-0.39, 0.29) is 5.69 Å². The summed E-state index contributed by atoms with van der Waals surface area (Å²) in [6, 6.07) is 6.06. The molecule has 6 heteroatoms. The highest BCUT2D eigenvalue weighted by Gasteiger charge is 2.22. The van der Waals surface area contributed by atoms with Crippen molar-refractivity contribution in [1.29, 1.82) is 0 Å².